The van der Waals surface area contributed by atoms with Crippen molar-refractivity contribution in [2.75, 3.05) is 46.1 Å². The summed E-state index contributed by atoms with van der Waals surface area (Å²) in [4.78, 5) is 15.2. The van der Waals surface area contributed by atoms with Crippen LogP contribution in [0.2, 0.25) is 0 Å². The van der Waals surface area contributed by atoms with E-state index in [4.69, 9.17) is 9.47 Å². The molecule has 1 amide bonds. The minimum Gasteiger partial charge on any atom is -0.391 e. The van der Waals surface area contributed by atoms with E-state index in [1.807, 2.05) is 6.07 Å². The molecule has 0 radical (unpaired) electrons. The molecule has 0 spiro atoms. The Kier molecular flexibility index (Phi) is 7.41. The third kappa shape index (κ3) is 5.05. The SMILES string of the molecule is O=C(NC[C@]1(c2ccccc2)CC[C@H](O)[C@@H](N2CCOCC2)CC1)C1CCOCC1. The van der Waals surface area contributed by atoms with Crippen molar-refractivity contribution in [2.45, 2.75) is 56.1 Å². The molecule has 6 heteroatoms. The summed E-state index contributed by atoms with van der Waals surface area (Å²) in [5, 5.41) is 14.3. The van der Waals surface area contributed by atoms with Crippen LogP contribution in [0.25, 0.3) is 0 Å². The highest BCUT2D eigenvalue weighted by molar-refractivity contribution is 5.78. The number of carbonyl (C=O) groups is 1. The van der Waals surface area contributed by atoms with Crippen LogP contribution in [-0.2, 0) is 19.7 Å². The molecule has 3 atom stereocenters. The van der Waals surface area contributed by atoms with Gasteiger partial charge in [0.1, 0.15) is 0 Å². The maximum Gasteiger partial charge on any atom is 0.223 e. The second-order valence-electron chi connectivity index (χ2n) is 9.11. The molecule has 2 heterocycles. The number of ether oxygens (including phenoxy) is 2. The lowest BCUT2D eigenvalue weighted by Crippen LogP contribution is -2.48. The fourth-order valence-electron chi connectivity index (χ4n) is 5.41. The number of benzene rings is 1. The molecule has 1 saturated carbocycles. The van der Waals surface area contributed by atoms with E-state index in [1.54, 1.807) is 0 Å². The zero-order chi connectivity index (χ0) is 20.8. The van der Waals surface area contributed by atoms with Crippen LogP contribution in [0.3, 0.4) is 0 Å². The fraction of sp³-hybridized carbons (Fsp3) is 0.708. The molecular weight excluding hydrogens is 380 g/mol. The normalized spacial score (nSPS) is 31.8. The Morgan fingerprint density at radius 2 is 1.67 bits per heavy atom. The van der Waals surface area contributed by atoms with Gasteiger partial charge in [-0.2, -0.15) is 0 Å². The first kappa shape index (κ1) is 21.8. The first-order valence-corrected chi connectivity index (χ1v) is 11.6. The lowest BCUT2D eigenvalue weighted by Gasteiger charge is -2.37. The van der Waals surface area contributed by atoms with Crippen LogP contribution in [0.5, 0.6) is 0 Å². The molecular formula is C24H36N2O4. The molecule has 4 rings (SSSR count). The average Bonchev–Trinajstić information content (AvgIpc) is 2.99. The number of carbonyl (C=O) groups excluding carboxylic acids is 1. The van der Waals surface area contributed by atoms with Crippen molar-refractivity contribution < 1.29 is 19.4 Å². The third-order valence-corrected chi connectivity index (χ3v) is 7.38. The Morgan fingerprint density at radius 3 is 2.40 bits per heavy atom. The number of aliphatic hydroxyl groups excluding tert-OH is 1. The van der Waals surface area contributed by atoms with E-state index < -0.39 is 0 Å². The van der Waals surface area contributed by atoms with Gasteiger partial charge in [-0.25, -0.2) is 0 Å². The van der Waals surface area contributed by atoms with Gasteiger partial charge in [0, 0.05) is 50.2 Å². The maximum absolute atomic E-state index is 12.8. The summed E-state index contributed by atoms with van der Waals surface area (Å²) in [6, 6.07) is 10.7. The molecule has 166 valence electrons. The highest BCUT2D eigenvalue weighted by atomic mass is 16.5. The van der Waals surface area contributed by atoms with E-state index in [9.17, 15) is 9.90 Å². The summed E-state index contributed by atoms with van der Waals surface area (Å²) >= 11 is 0. The largest absolute Gasteiger partial charge is 0.391 e. The number of rotatable bonds is 5. The molecule has 6 nitrogen and oxygen atoms in total. The van der Waals surface area contributed by atoms with Gasteiger partial charge in [-0.05, 0) is 44.1 Å². The summed E-state index contributed by atoms with van der Waals surface area (Å²) in [6.45, 7) is 5.25. The first-order chi connectivity index (χ1) is 14.7. The predicted molar refractivity (Wildman–Crippen MR) is 115 cm³/mol. The highest BCUT2D eigenvalue weighted by Crippen LogP contribution is 2.39. The number of aliphatic hydroxyl groups is 1. The molecule has 0 unspecified atom stereocenters. The minimum absolute atomic E-state index is 0.0593. The zero-order valence-corrected chi connectivity index (χ0v) is 17.9. The van der Waals surface area contributed by atoms with Crippen LogP contribution in [0.1, 0.15) is 44.1 Å². The molecule has 3 aliphatic rings. The van der Waals surface area contributed by atoms with Crippen LogP contribution in [0.15, 0.2) is 30.3 Å². The smallest absolute Gasteiger partial charge is 0.223 e. The van der Waals surface area contributed by atoms with Gasteiger partial charge >= 0.3 is 0 Å². The average molecular weight is 417 g/mol. The Balaban J connectivity index is 1.49. The zero-order valence-electron chi connectivity index (χ0n) is 17.9. The van der Waals surface area contributed by atoms with Gasteiger partial charge in [-0.1, -0.05) is 30.3 Å². The summed E-state index contributed by atoms with van der Waals surface area (Å²) < 4.78 is 10.9. The number of hydrogen-bond donors (Lipinski definition) is 2. The Bertz CT molecular complexity index is 673. The molecule has 1 aromatic carbocycles. The van der Waals surface area contributed by atoms with E-state index >= 15 is 0 Å². The van der Waals surface area contributed by atoms with Crippen LogP contribution < -0.4 is 5.32 Å². The van der Waals surface area contributed by atoms with Crippen LogP contribution in [-0.4, -0.2) is 74.1 Å². The van der Waals surface area contributed by atoms with Gasteiger partial charge in [-0.3, -0.25) is 9.69 Å². The molecule has 1 aromatic rings. The molecule has 0 aromatic heterocycles. The van der Waals surface area contributed by atoms with E-state index in [0.717, 1.165) is 64.8 Å². The summed E-state index contributed by atoms with van der Waals surface area (Å²) in [5.74, 6) is 0.215. The molecule has 30 heavy (non-hydrogen) atoms. The second-order valence-corrected chi connectivity index (χ2v) is 9.11. The topological polar surface area (TPSA) is 71.0 Å². The number of hydrogen-bond acceptors (Lipinski definition) is 5. The van der Waals surface area contributed by atoms with Gasteiger partial charge in [0.15, 0.2) is 0 Å². The number of nitrogens with zero attached hydrogens (tertiary/aromatic N) is 1. The number of amides is 1. The van der Waals surface area contributed by atoms with Gasteiger partial charge in [-0.15, -0.1) is 0 Å². The van der Waals surface area contributed by atoms with Gasteiger partial charge < -0.3 is 19.9 Å². The van der Waals surface area contributed by atoms with E-state index in [0.29, 0.717) is 19.8 Å². The molecule has 3 fully saturated rings. The molecule has 1 aliphatic carbocycles. The molecule has 2 saturated heterocycles. The van der Waals surface area contributed by atoms with Gasteiger partial charge in [0.05, 0.1) is 19.3 Å². The van der Waals surface area contributed by atoms with Gasteiger partial charge in [0.2, 0.25) is 5.91 Å². The second kappa shape index (κ2) is 10.2. The monoisotopic (exact) mass is 416 g/mol. The van der Waals surface area contributed by atoms with Crippen molar-refractivity contribution in [2.24, 2.45) is 5.92 Å². The van der Waals surface area contributed by atoms with E-state index in [2.05, 4.69) is 34.5 Å². The summed E-state index contributed by atoms with van der Waals surface area (Å²) in [6.07, 6.45) is 4.81. The Morgan fingerprint density at radius 1 is 1.00 bits per heavy atom. The standard InChI is InChI=1S/C24H36N2O4/c27-22-7-11-24(20-4-2-1-3-5-20,10-6-21(22)26-12-16-30-17-13-26)18-25-23(28)19-8-14-29-15-9-19/h1-5,19,21-22,27H,6-18H2,(H,25,28)/t21-,22-,24+/m0/s1. The number of morpholine rings is 1. The lowest BCUT2D eigenvalue weighted by molar-refractivity contribution is -0.128. The Labute approximate surface area is 179 Å². The predicted octanol–water partition coefficient (Wildman–Crippen LogP) is 2.10. The van der Waals surface area contributed by atoms with Crippen LogP contribution in [0, 0.1) is 5.92 Å². The molecule has 2 N–H and O–H groups in total. The van der Waals surface area contributed by atoms with Crippen LogP contribution >= 0.6 is 0 Å². The fourth-order valence-corrected chi connectivity index (χ4v) is 5.41. The highest BCUT2D eigenvalue weighted by Gasteiger charge is 2.40. The van der Waals surface area contributed by atoms with E-state index in [1.165, 1.54) is 5.56 Å². The van der Waals surface area contributed by atoms with Gasteiger partial charge in [0.25, 0.3) is 0 Å². The Hall–Kier alpha value is -1.47. The third-order valence-electron chi connectivity index (χ3n) is 7.38. The van der Waals surface area contributed by atoms with Crippen molar-refractivity contribution in [3.63, 3.8) is 0 Å². The maximum atomic E-state index is 12.8. The summed E-state index contributed by atoms with van der Waals surface area (Å²) in [7, 11) is 0. The minimum atomic E-state index is -0.333. The summed E-state index contributed by atoms with van der Waals surface area (Å²) in [5.41, 5.74) is 1.14. The number of nitrogens with one attached hydrogen (secondary N) is 1. The van der Waals surface area contributed by atoms with Crippen molar-refractivity contribution in [3.05, 3.63) is 35.9 Å². The van der Waals surface area contributed by atoms with Crippen LogP contribution in [0.4, 0.5) is 0 Å². The molecule has 2 aliphatic heterocycles. The quantitative estimate of drug-likeness (QED) is 0.720. The van der Waals surface area contributed by atoms with Crippen molar-refractivity contribution >= 4 is 5.91 Å². The first-order valence-electron chi connectivity index (χ1n) is 11.6. The van der Waals surface area contributed by atoms with E-state index in [-0.39, 0.29) is 29.4 Å². The molecule has 0 bridgehead atoms. The van der Waals surface area contributed by atoms with Crippen molar-refractivity contribution in [1.82, 2.24) is 10.2 Å². The van der Waals surface area contributed by atoms with Crippen molar-refractivity contribution in [1.29, 1.82) is 0 Å². The lowest BCUT2D eigenvalue weighted by atomic mass is 9.74. The van der Waals surface area contributed by atoms with Crippen molar-refractivity contribution in [3.8, 4) is 0 Å².